The first-order chi connectivity index (χ1) is 23.4. The predicted octanol–water partition coefficient (Wildman–Crippen LogP) is 7.79. The van der Waals surface area contributed by atoms with Crippen molar-refractivity contribution < 1.29 is 46.6 Å². The van der Waals surface area contributed by atoms with Crippen molar-refractivity contribution in [3.05, 3.63) is 108 Å². The summed E-state index contributed by atoms with van der Waals surface area (Å²) in [4.78, 5) is 12.6. The van der Waals surface area contributed by atoms with Gasteiger partial charge in [-0.05, 0) is 29.5 Å². The van der Waals surface area contributed by atoms with E-state index in [0.717, 1.165) is 29.5 Å². The van der Waals surface area contributed by atoms with Crippen molar-refractivity contribution in [1.29, 1.82) is 0 Å². The van der Waals surface area contributed by atoms with Gasteiger partial charge in [0.15, 0.2) is 6.10 Å². The van der Waals surface area contributed by atoms with Gasteiger partial charge in [-0.1, -0.05) is 118 Å². The van der Waals surface area contributed by atoms with Gasteiger partial charge in [-0.3, -0.25) is 18.4 Å². The second-order valence-electron chi connectivity index (χ2n) is 11.6. The van der Waals surface area contributed by atoms with Crippen LogP contribution in [0.25, 0.3) is 0 Å². The number of phosphoric ester groups is 1. The molecule has 11 heteroatoms. The molecule has 0 unspecified atom stereocenters. The molecule has 0 N–H and O–H groups in total. The van der Waals surface area contributed by atoms with Crippen LogP contribution in [0.1, 0.15) is 63.1 Å². The molecule has 5 atom stereocenters. The Bertz CT molecular complexity index is 1350. The van der Waals surface area contributed by atoms with Crippen molar-refractivity contribution in [1.82, 2.24) is 0 Å². The summed E-state index contributed by atoms with van der Waals surface area (Å²) in [5.41, 5.74) is 2.82. The van der Waals surface area contributed by atoms with E-state index in [2.05, 4.69) is 0 Å². The largest absolute Gasteiger partial charge is 0.477 e. The lowest BCUT2D eigenvalue weighted by molar-refractivity contribution is -0.305. The van der Waals surface area contributed by atoms with Crippen LogP contribution in [0.15, 0.2) is 91.0 Å². The number of unbranched alkanes of at least 4 members (excludes halogenated alkanes) is 2. The molecule has 1 aliphatic heterocycles. The number of ether oxygens (including phenoxy) is 5. The van der Waals surface area contributed by atoms with Crippen molar-refractivity contribution >= 4 is 13.8 Å². The van der Waals surface area contributed by atoms with Crippen LogP contribution in [0.2, 0.25) is 0 Å². The molecule has 10 nitrogen and oxygen atoms in total. The molecule has 0 bridgehead atoms. The first kappa shape index (κ1) is 37.9. The Kier molecular flexibility index (Phi) is 16.2. The zero-order valence-corrected chi connectivity index (χ0v) is 29.0. The van der Waals surface area contributed by atoms with Crippen molar-refractivity contribution in [3.8, 4) is 0 Å². The summed E-state index contributed by atoms with van der Waals surface area (Å²) in [5.74, 6) is -0.597. The molecule has 4 rings (SSSR count). The maximum absolute atomic E-state index is 14.1. The van der Waals surface area contributed by atoms with Crippen molar-refractivity contribution in [2.24, 2.45) is 0 Å². The summed E-state index contributed by atoms with van der Waals surface area (Å²) in [6, 6.07) is 29.1. The van der Waals surface area contributed by atoms with E-state index in [-0.39, 0.29) is 33.0 Å². The van der Waals surface area contributed by atoms with Gasteiger partial charge in [0.2, 0.25) is 6.29 Å². The van der Waals surface area contributed by atoms with Gasteiger partial charge in [0.05, 0.1) is 39.6 Å². The molecule has 262 valence electrons. The van der Waals surface area contributed by atoms with Crippen molar-refractivity contribution in [2.75, 3.05) is 19.8 Å². The van der Waals surface area contributed by atoms with Crippen molar-refractivity contribution in [3.63, 3.8) is 0 Å². The molecule has 1 aliphatic rings. The average molecular weight is 685 g/mol. The van der Waals surface area contributed by atoms with Crippen molar-refractivity contribution in [2.45, 2.75) is 97.0 Å². The summed E-state index contributed by atoms with van der Waals surface area (Å²) in [7, 11) is -4.17. The molecule has 1 fully saturated rings. The smallest absolute Gasteiger partial charge is 0.454 e. The molecular formula is C37H49O10P. The molecule has 48 heavy (non-hydrogen) atoms. The highest BCUT2D eigenvalue weighted by Gasteiger charge is 2.52. The van der Waals surface area contributed by atoms with Crippen LogP contribution >= 0.6 is 7.82 Å². The molecule has 1 saturated heterocycles. The monoisotopic (exact) mass is 684 g/mol. The lowest BCUT2D eigenvalue weighted by Crippen LogP contribution is -2.62. The van der Waals surface area contributed by atoms with E-state index >= 15 is 0 Å². The number of phosphoric acid groups is 1. The third kappa shape index (κ3) is 12.5. The number of hydrogen-bond donors (Lipinski definition) is 0. The quantitative estimate of drug-likeness (QED) is 0.0627. The van der Waals surface area contributed by atoms with E-state index in [1.54, 1.807) is 0 Å². The summed E-state index contributed by atoms with van der Waals surface area (Å²) in [6.45, 7) is 6.40. The van der Waals surface area contributed by atoms with Gasteiger partial charge >= 0.3 is 13.8 Å². The maximum atomic E-state index is 14.1. The number of benzene rings is 3. The first-order valence-electron chi connectivity index (χ1n) is 16.7. The highest BCUT2D eigenvalue weighted by molar-refractivity contribution is 7.48. The predicted molar refractivity (Wildman–Crippen MR) is 181 cm³/mol. The Labute approximate surface area is 284 Å². The highest BCUT2D eigenvalue weighted by Crippen LogP contribution is 2.52. The number of carbonyl (C=O) groups excluding carboxylic acids is 1. The first-order valence-corrected chi connectivity index (χ1v) is 18.2. The molecule has 3 aromatic rings. The minimum Gasteiger partial charge on any atom is -0.454 e. The van der Waals surface area contributed by atoms with Crippen LogP contribution in [0, 0.1) is 0 Å². The zero-order valence-electron chi connectivity index (χ0n) is 28.1. The third-order valence-electron chi connectivity index (χ3n) is 7.59. The molecule has 0 saturated carbocycles. The van der Waals surface area contributed by atoms with Gasteiger partial charge in [0, 0.05) is 6.92 Å². The summed E-state index contributed by atoms with van der Waals surface area (Å²) in [6.07, 6.45) is -2.11. The molecular weight excluding hydrogens is 635 g/mol. The van der Waals surface area contributed by atoms with Gasteiger partial charge in [-0.25, -0.2) is 4.57 Å². The minimum absolute atomic E-state index is 0.0733. The van der Waals surface area contributed by atoms with E-state index in [9.17, 15) is 9.36 Å². The molecule has 3 aromatic carbocycles. The second kappa shape index (κ2) is 20.6. The molecule has 0 aromatic heterocycles. The van der Waals surface area contributed by atoms with Gasteiger partial charge in [0.1, 0.15) is 18.3 Å². The van der Waals surface area contributed by atoms with Crippen LogP contribution in [-0.4, -0.2) is 56.5 Å². The Morgan fingerprint density at radius 3 is 1.65 bits per heavy atom. The molecule has 0 radical (unpaired) electrons. The SMILES string of the molecule is CCCCOP(=O)(OCCCC)O[C@H]1O[C@H](COCc2ccccc2)[C@H](OCc2ccccc2)[C@H](OCc2ccccc2)[C@H]1OC(C)=O. The number of rotatable bonds is 21. The highest BCUT2D eigenvalue weighted by atomic mass is 31.2. The Morgan fingerprint density at radius 1 is 0.688 bits per heavy atom. The van der Waals surface area contributed by atoms with E-state index in [0.29, 0.717) is 19.4 Å². The van der Waals surface area contributed by atoms with Gasteiger partial charge < -0.3 is 23.7 Å². The summed E-state index contributed by atoms with van der Waals surface area (Å²) < 4.78 is 63.1. The third-order valence-corrected chi connectivity index (χ3v) is 9.05. The lowest BCUT2D eigenvalue weighted by Gasteiger charge is -2.45. The molecule has 0 aliphatic carbocycles. The number of esters is 1. The van der Waals surface area contributed by atoms with Gasteiger partial charge in [-0.15, -0.1) is 0 Å². The molecule has 1 heterocycles. The molecule has 0 spiro atoms. The maximum Gasteiger partial charge on any atom is 0.477 e. The second-order valence-corrected chi connectivity index (χ2v) is 13.2. The van der Waals surface area contributed by atoms with E-state index in [4.69, 9.17) is 37.3 Å². The van der Waals surface area contributed by atoms with Gasteiger partial charge in [-0.2, -0.15) is 0 Å². The van der Waals surface area contributed by atoms with Gasteiger partial charge in [0.25, 0.3) is 0 Å². The average Bonchev–Trinajstić information content (AvgIpc) is 3.09. The van der Waals surface area contributed by atoms with Crippen LogP contribution in [0.5, 0.6) is 0 Å². The summed E-state index contributed by atoms with van der Waals surface area (Å²) in [5, 5.41) is 0. The number of hydrogen-bond acceptors (Lipinski definition) is 10. The fourth-order valence-corrected chi connectivity index (χ4v) is 6.40. The standard InChI is InChI=1S/C37H49O10P/c1-4-6-23-43-48(39,44-24-7-5-2)47-37-36(45-29(3)38)35(42-27-32-21-15-10-16-22-32)34(41-26-31-19-13-9-14-20-31)33(46-37)28-40-25-30-17-11-8-12-18-30/h8-22,33-37H,4-7,23-28H2,1-3H3/t33-,34+,35+,36-,37-/m1/s1. The van der Waals surface area contributed by atoms with E-state index in [1.807, 2.05) is 105 Å². The van der Waals surface area contributed by atoms with Crippen LogP contribution < -0.4 is 0 Å². The topological polar surface area (TPSA) is 108 Å². The number of carbonyl (C=O) groups is 1. The van der Waals surface area contributed by atoms with Crippen LogP contribution in [0.3, 0.4) is 0 Å². The lowest BCUT2D eigenvalue weighted by atomic mass is 9.98. The Hall–Kier alpha value is -2.92. The Balaban J connectivity index is 1.67. The van der Waals surface area contributed by atoms with Crippen LogP contribution in [-0.2, 0) is 66.4 Å². The van der Waals surface area contributed by atoms with Crippen LogP contribution in [0.4, 0.5) is 0 Å². The fourth-order valence-electron chi connectivity index (χ4n) is 5.07. The van der Waals surface area contributed by atoms with E-state index in [1.165, 1.54) is 6.92 Å². The Morgan fingerprint density at radius 2 is 1.17 bits per heavy atom. The molecule has 0 amide bonds. The zero-order chi connectivity index (χ0) is 34.0. The normalized spacial score (nSPS) is 21.2. The summed E-state index contributed by atoms with van der Waals surface area (Å²) >= 11 is 0. The minimum atomic E-state index is -4.17. The fraction of sp³-hybridized carbons (Fsp3) is 0.486. The van der Waals surface area contributed by atoms with E-state index < -0.39 is 44.5 Å².